The smallest absolute Gasteiger partial charge is 0.318 e. The number of carbonyl (C=O) groups is 2. The first-order valence-electron chi connectivity index (χ1n) is 35.5. The normalized spacial score (nSPS) is 13.0. The number of anilines is 1. The number of amidine groups is 3. The molecule has 11 N–H and O–H groups in total. The molecule has 0 aliphatic heterocycles. The first kappa shape index (κ1) is 108. The van der Waals surface area contributed by atoms with E-state index in [1.807, 2.05) is 18.5 Å². The number of thiazole rings is 1. The molecule has 0 fully saturated rings. The second-order valence-electron chi connectivity index (χ2n) is 33.3. The molecule has 1 aromatic heterocycles. The second-order valence-corrected chi connectivity index (χ2v) is 39.7. The van der Waals surface area contributed by atoms with Gasteiger partial charge in [0, 0.05) is 105 Å². The summed E-state index contributed by atoms with van der Waals surface area (Å²) in [6, 6.07) is 0. The van der Waals surface area contributed by atoms with E-state index in [1.165, 1.54) is 31.9 Å². The topological polar surface area (TPSA) is 392 Å². The van der Waals surface area contributed by atoms with E-state index in [-0.39, 0.29) is 17.2 Å². The zero-order valence-corrected chi connectivity index (χ0v) is 72.9. The van der Waals surface area contributed by atoms with Crippen LogP contribution < -0.4 is 35.9 Å². The maximum Gasteiger partial charge on any atom is 0.318 e. The first-order chi connectivity index (χ1) is 45.4. The van der Waals surface area contributed by atoms with Crippen LogP contribution in [0, 0.1) is 38.4 Å². The van der Waals surface area contributed by atoms with Gasteiger partial charge in [0.2, 0.25) is 21.9 Å². The lowest BCUT2D eigenvalue weighted by Gasteiger charge is -2.19. The molecule has 0 saturated heterocycles. The van der Waals surface area contributed by atoms with Gasteiger partial charge >= 0.3 is 20.4 Å². The number of nitrogens with two attached hydrogens (primary N) is 4. The van der Waals surface area contributed by atoms with Gasteiger partial charge in [0.25, 0.3) is 10.2 Å². The Kier molecular flexibility index (Phi) is 58.2. The van der Waals surface area contributed by atoms with E-state index < -0.39 is 40.7 Å². The van der Waals surface area contributed by atoms with E-state index in [0.29, 0.717) is 95.2 Å². The summed E-state index contributed by atoms with van der Waals surface area (Å²) in [4.78, 5) is 42.3. The number of rotatable bonds is 32. The number of nitrogens with one attached hydrogen (secondary N) is 3. The van der Waals surface area contributed by atoms with Crippen LogP contribution in [-0.4, -0.2) is 157 Å². The standard InChI is InChI=1S/2C11H25N3O2S.C10H23N3O2S.C10H18N2S.C10H20O.C9H21N3O2S.C9H19NO2/c1-11(2,3)8-7-9-12-10(14(4)5)13-17(6,15)16;1-11(2,3)9-7-6-8-10(14(4)5)13-17(12,15)16;1-10(2,3)8-6-5-7-9(12-4)13-16(11,14)15;1-10(2,3)5-4-6-11-9-12-7-8-13-9;1-5-9(11)7-6-8-10(2,3)4;1-9(2,3)7-5-4-6-8(10)12-15(11,13)14;1-8(2)6-5-7-10(12-4)9(3)11/h7-9H2,1-6H3,(H,12,13);6-9H2,1-5H3,(H2,12,15,16);5-8H2,1-4H3,(H,12,13)(H2,11,14,15);7-8H,4-6H2,1-3H3,(H,11,12);5-8H2,1-4H3;4-7H2,1-3H3,(H2,10,12)(H2,11,13,14);8H,5-7H2,1-4H3. The first-order valence-corrected chi connectivity index (χ1v) is 42.8. The number of carbonyl (C=O) groups excluding carboxylic acids is 2. The number of guanidine groups is 1. The van der Waals surface area contributed by atoms with E-state index in [9.17, 15) is 43.3 Å². The largest absolute Gasteiger partial charge is 0.386 e. The Morgan fingerprint density at radius 2 is 1.02 bits per heavy atom. The Bertz CT molecular complexity index is 2920. The fourth-order valence-corrected chi connectivity index (χ4v) is 10.9. The van der Waals surface area contributed by atoms with Crippen molar-refractivity contribution >= 4 is 92.3 Å². The SMILES string of the molecule is CC(C)(C)CCCCC(N)=NS(N)(=O)=O.CC(C)(C)CCCNc1nccs1.CCC(=O)CCCC(C)(C)C.CN(C)C(=NCCCC(C)(C)C)NS(C)(=O)=O.CN(C)C(CCCCC(C)(C)C)=NS(N)(=O)=O.CN=C(CCCCC(C)(C)C)NS(N)(=O)=O.CON(CCCC(C)C)C(C)=O. The third-order valence-corrected chi connectivity index (χ3v) is 16.4. The minimum absolute atomic E-state index is 0.0266. The van der Waals surface area contributed by atoms with E-state index in [4.69, 9.17) is 26.0 Å². The number of amides is 1. The molecule has 1 rings (SSSR count). The second kappa shape index (κ2) is 54.5. The molecular formula is C70H151N15O11S5. The summed E-state index contributed by atoms with van der Waals surface area (Å²) in [7, 11) is -4.40. The van der Waals surface area contributed by atoms with Crippen molar-refractivity contribution in [2.24, 2.45) is 78.3 Å². The Morgan fingerprint density at radius 1 is 0.594 bits per heavy atom. The van der Waals surface area contributed by atoms with Crippen molar-refractivity contribution in [2.75, 3.05) is 73.6 Å². The average Bonchev–Trinajstić information content (AvgIpc) is 1.48. The minimum Gasteiger partial charge on any atom is -0.386 e. The number of hydroxylamine groups is 2. The van der Waals surface area contributed by atoms with Crippen molar-refractivity contribution in [1.82, 2.24) is 29.3 Å². The van der Waals surface area contributed by atoms with Crippen LogP contribution in [0.15, 0.2) is 30.4 Å². The molecule has 0 aromatic carbocycles. The highest BCUT2D eigenvalue weighted by Gasteiger charge is 2.17. The van der Waals surface area contributed by atoms with E-state index in [2.05, 4.69) is 177 Å². The minimum atomic E-state index is -3.83. The van der Waals surface area contributed by atoms with Gasteiger partial charge in [-0.1, -0.05) is 165 Å². The number of nitrogens with zero attached hydrogens (tertiary/aromatic N) is 8. The highest BCUT2D eigenvalue weighted by Crippen LogP contribution is 2.26. The summed E-state index contributed by atoms with van der Waals surface area (Å²) >= 11 is 1.66. The van der Waals surface area contributed by atoms with Gasteiger partial charge in [-0.05, 0) is 128 Å². The molecule has 26 nitrogen and oxygen atoms in total. The van der Waals surface area contributed by atoms with E-state index in [1.54, 1.807) is 56.4 Å². The summed E-state index contributed by atoms with van der Waals surface area (Å²) in [5.41, 5.74) is 7.45. The van der Waals surface area contributed by atoms with Crippen molar-refractivity contribution in [1.29, 1.82) is 0 Å². The number of aliphatic imine (C=N–C) groups is 2. The van der Waals surface area contributed by atoms with Gasteiger partial charge in [-0.2, -0.15) is 25.3 Å². The zero-order valence-electron chi connectivity index (χ0n) is 68.8. The molecule has 1 heterocycles. The molecule has 101 heavy (non-hydrogen) atoms. The van der Waals surface area contributed by atoms with Gasteiger partial charge in [0.15, 0.2) is 5.13 Å². The summed E-state index contributed by atoms with van der Waals surface area (Å²) in [5, 5.41) is 22.2. The molecule has 602 valence electrons. The van der Waals surface area contributed by atoms with Crippen LogP contribution in [0.25, 0.3) is 0 Å². The third kappa shape index (κ3) is 95.9. The Labute approximate surface area is 622 Å². The molecule has 0 aliphatic rings. The molecule has 0 saturated carbocycles. The number of unbranched alkanes of at least 4 members (excludes halogenated alkanes) is 3. The van der Waals surface area contributed by atoms with Crippen molar-refractivity contribution in [3.05, 3.63) is 11.6 Å². The van der Waals surface area contributed by atoms with Gasteiger partial charge in [-0.15, -0.1) is 20.1 Å². The summed E-state index contributed by atoms with van der Waals surface area (Å²) in [6.07, 6.45) is 24.1. The molecule has 1 aromatic rings. The molecule has 0 atom stereocenters. The molecule has 0 unspecified atom stereocenters. The summed E-state index contributed by atoms with van der Waals surface area (Å²) in [5.74, 6) is 2.48. The van der Waals surface area contributed by atoms with Crippen LogP contribution >= 0.6 is 11.3 Å². The monoisotopic (exact) mass is 1540 g/mol. The Balaban J connectivity index is -0.000000262. The average molecular weight is 1540 g/mol. The van der Waals surface area contributed by atoms with Crippen LogP contribution in [0.2, 0.25) is 0 Å². The van der Waals surface area contributed by atoms with Crippen LogP contribution in [0.4, 0.5) is 5.13 Å². The van der Waals surface area contributed by atoms with Crippen LogP contribution in [0.5, 0.6) is 0 Å². The predicted octanol–water partition coefficient (Wildman–Crippen LogP) is 14.0. The van der Waals surface area contributed by atoms with Crippen molar-refractivity contribution < 1.29 is 48.1 Å². The maximum absolute atomic E-state index is 11.1. The lowest BCUT2D eigenvalue weighted by atomic mass is 9.89. The number of hydrogen-bond acceptors (Lipinski definition) is 16. The molecule has 1 amide bonds. The molecular weight excluding hydrogens is 1390 g/mol. The predicted molar refractivity (Wildman–Crippen MR) is 431 cm³/mol. The molecule has 31 heteroatoms. The maximum atomic E-state index is 11.1. The number of Topliss-reactive ketones (excluding diaryl/α,β-unsaturated/α-hetero) is 1. The molecule has 0 radical (unpaired) electrons. The molecule has 0 bridgehead atoms. The molecule has 0 aliphatic carbocycles. The van der Waals surface area contributed by atoms with Crippen molar-refractivity contribution in [3.63, 3.8) is 0 Å². The van der Waals surface area contributed by atoms with Crippen molar-refractivity contribution in [3.8, 4) is 0 Å². The van der Waals surface area contributed by atoms with Gasteiger partial charge in [0.05, 0.1) is 13.4 Å². The summed E-state index contributed by atoms with van der Waals surface area (Å²) in [6.45, 7) is 49.8. The highest BCUT2D eigenvalue weighted by atomic mass is 32.2. The van der Waals surface area contributed by atoms with Gasteiger partial charge in [-0.25, -0.2) is 33.9 Å². The number of aromatic nitrogens is 1. The van der Waals surface area contributed by atoms with E-state index in [0.717, 1.165) is 121 Å². The fourth-order valence-electron chi connectivity index (χ4n) is 8.29. The van der Waals surface area contributed by atoms with Crippen LogP contribution in [0.3, 0.4) is 0 Å². The zero-order chi connectivity index (χ0) is 80.5. The quantitative estimate of drug-likeness (QED) is 0.0152. The van der Waals surface area contributed by atoms with Crippen LogP contribution in [0.1, 0.15) is 294 Å². The number of sulfonamides is 1. The number of ketones is 1. The number of hydrogen-bond donors (Lipinski definition) is 7. The fraction of sp³-hybridized carbons (Fsp3) is 0.871. The Morgan fingerprint density at radius 3 is 1.37 bits per heavy atom. The highest BCUT2D eigenvalue weighted by molar-refractivity contribution is 7.89. The van der Waals surface area contributed by atoms with Gasteiger partial charge in [-0.3, -0.25) is 33.9 Å². The molecule has 0 spiro atoms. The lowest BCUT2D eigenvalue weighted by molar-refractivity contribution is -0.173. The van der Waals surface area contributed by atoms with Gasteiger partial charge < -0.3 is 20.9 Å². The lowest BCUT2D eigenvalue weighted by Crippen LogP contribution is -2.39. The van der Waals surface area contributed by atoms with Crippen LogP contribution in [-0.2, 0) is 55.1 Å². The summed E-state index contributed by atoms with van der Waals surface area (Å²) < 4.78 is 98.0. The Hall–Kier alpha value is -4.11. The van der Waals surface area contributed by atoms with E-state index >= 15 is 0 Å². The third-order valence-electron chi connectivity index (χ3n) is 13.7. The van der Waals surface area contributed by atoms with Gasteiger partial charge in [0.1, 0.15) is 23.3 Å². The van der Waals surface area contributed by atoms with Crippen molar-refractivity contribution in [2.45, 2.75) is 294 Å².